The fourth-order valence-electron chi connectivity index (χ4n) is 3.52. The van der Waals surface area contributed by atoms with E-state index in [2.05, 4.69) is 30.2 Å². The minimum absolute atomic E-state index is 0.0165. The van der Waals surface area contributed by atoms with Crippen LogP contribution in [0.1, 0.15) is 77.5 Å². The number of aliphatic hydroxyl groups excluding tert-OH is 1. The van der Waals surface area contributed by atoms with E-state index in [-0.39, 0.29) is 29.5 Å². The first-order chi connectivity index (χ1) is 19.4. The van der Waals surface area contributed by atoms with E-state index in [0.717, 1.165) is 11.1 Å². The van der Waals surface area contributed by atoms with Gasteiger partial charge < -0.3 is 20.3 Å². The van der Waals surface area contributed by atoms with Crippen LogP contribution >= 0.6 is 11.6 Å². The standard InChI is InChI=1S/C26H26ClN3O3.C4H10O.C3H8/c1-17(30-25(32)26(2,3)33-24-12-11-22(31)16-29-24)23(14-18-7-9-21(27)10-8-18)20-6-4-5-19(13-20)15-28;1-4(2)3-5;1-3-2/h4-13,16-17,23,31H,14H2,1-3H3,(H,30,32);4-5H,3H2,1-2H3;3H2,1-2H3. The third-order valence-corrected chi connectivity index (χ3v) is 6.02. The summed E-state index contributed by atoms with van der Waals surface area (Å²) in [5.74, 6) is 0.298. The summed E-state index contributed by atoms with van der Waals surface area (Å²) in [6, 6.07) is 19.9. The zero-order valence-electron chi connectivity index (χ0n) is 25.2. The molecule has 0 radical (unpaired) electrons. The number of aromatic nitrogens is 1. The summed E-state index contributed by atoms with van der Waals surface area (Å²) < 4.78 is 5.78. The van der Waals surface area contributed by atoms with Gasteiger partial charge in [0.2, 0.25) is 5.88 Å². The third kappa shape index (κ3) is 13.1. The van der Waals surface area contributed by atoms with Crippen molar-refractivity contribution in [2.24, 2.45) is 5.92 Å². The highest BCUT2D eigenvalue weighted by molar-refractivity contribution is 6.30. The summed E-state index contributed by atoms with van der Waals surface area (Å²) in [5.41, 5.74) is 1.39. The van der Waals surface area contributed by atoms with Crippen molar-refractivity contribution < 1.29 is 19.7 Å². The topological polar surface area (TPSA) is 115 Å². The van der Waals surface area contributed by atoms with Crippen molar-refractivity contribution >= 4 is 17.5 Å². The molecule has 2 atom stereocenters. The lowest BCUT2D eigenvalue weighted by atomic mass is 9.85. The zero-order valence-corrected chi connectivity index (χ0v) is 25.9. The first-order valence-corrected chi connectivity index (χ1v) is 14.2. The number of carbonyl (C=O) groups excluding carboxylic acids is 1. The predicted octanol–water partition coefficient (Wildman–Crippen LogP) is 7.05. The number of halogens is 1. The largest absolute Gasteiger partial charge is 0.506 e. The van der Waals surface area contributed by atoms with Gasteiger partial charge in [0.05, 0.1) is 17.8 Å². The summed E-state index contributed by atoms with van der Waals surface area (Å²) in [4.78, 5) is 17.1. The number of nitrogens with one attached hydrogen (secondary N) is 1. The molecular formula is C33H44ClN3O4. The number of ether oxygens (including phenoxy) is 1. The van der Waals surface area contributed by atoms with Crippen molar-refractivity contribution in [3.63, 3.8) is 0 Å². The van der Waals surface area contributed by atoms with Crippen molar-refractivity contribution in [1.82, 2.24) is 10.3 Å². The van der Waals surface area contributed by atoms with Crippen LogP contribution in [0.15, 0.2) is 66.9 Å². The molecular weight excluding hydrogens is 538 g/mol. The molecule has 1 amide bonds. The van der Waals surface area contributed by atoms with Gasteiger partial charge >= 0.3 is 0 Å². The molecule has 0 aliphatic carbocycles. The lowest BCUT2D eigenvalue weighted by Crippen LogP contribution is -2.51. The van der Waals surface area contributed by atoms with Gasteiger partial charge in [0.1, 0.15) is 5.75 Å². The van der Waals surface area contributed by atoms with Crippen LogP contribution in [0.3, 0.4) is 0 Å². The van der Waals surface area contributed by atoms with E-state index >= 15 is 0 Å². The number of hydrogen-bond acceptors (Lipinski definition) is 6. The average molecular weight is 582 g/mol. The van der Waals surface area contributed by atoms with Gasteiger partial charge in [-0.15, -0.1) is 0 Å². The SMILES string of the molecule is CC(C)CO.CC(NC(=O)C(C)(C)Oc1ccc(O)cn1)C(Cc1ccc(Cl)cc1)c1cccc(C#N)c1.CCC. The molecule has 1 aromatic heterocycles. The Morgan fingerprint density at radius 3 is 2.22 bits per heavy atom. The van der Waals surface area contributed by atoms with Crippen LogP contribution in [0, 0.1) is 17.2 Å². The number of carbonyl (C=O) groups is 1. The maximum Gasteiger partial charge on any atom is 0.263 e. The van der Waals surface area contributed by atoms with Crippen LogP contribution in [0.4, 0.5) is 0 Å². The molecule has 0 aliphatic rings. The number of nitrogens with zero attached hydrogens (tertiary/aromatic N) is 2. The summed E-state index contributed by atoms with van der Waals surface area (Å²) >= 11 is 6.04. The summed E-state index contributed by atoms with van der Waals surface area (Å²) in [6.07, 6.45) is 3.16. The van der Waals surface area contributed by atoms with Crippen LogP contribution in [0.25, 0.3) is 0 Å². The van der Waals surface area contributed by atoms with Gasteiger partial charge in [0, 0.05) is 29.7 Å². The highest BCUT2D eigenvalue weighted by atomic mass is 35.5. The first kappa shape index (κ1) is 35.4. The summed E-state index contributed by atoms with van der Waals surface area (Å²) in [5, 5.41) is 30.6. The zero-order chi connectivity index (χ0) is 31.0. The molecule has 0 spiro atoms. The number of aromatic hydroxyl groups is 1. The minimum Gasteiger partial charge on any atom is -0.506 e. The third-order valence-electron chi connectivity index (χ3n) is 5.77. The first-order valence-electron chi connectivity index (χ1n) is 13.9. The number of rotatable bonds is 9. The normalized spacial score (nSPS) is 12.0. The molecule has 3 rings (SSSR count). The lowest BCUT2D eigenvalue weighted by Gasteiger charge is -2.30. The second-order valence-electron chi connectivity index (χ2n) is 10.7. The summed E-state index contributed by atoms with van der Waals surface area (Å²) in [6.45, 7) is 13.8. The van der Waals surface area contributed by atoms with Crippen molar-refractivity contribution in [2.75, 3.05) is 6.61 Å². The molecule has 0 aliphatic heterocycles. The van der Waals surface area contributed by atoms with Gasteiger partial charge in [-0.25, -0.2) is 4.98 Å². The highest BCUT2D eigenvalue weighted by Gasteiger charge is 2.33. The summed E-state index contributed by atoms with van der Waals surface area (Å²) in [7, 11) is 0. The number of hydrogen-bond donors (Lipinski definition) is 3. The average Bonchev–Trinajstić information content (AvgIpc) is 2.94. The van der Waals surface area contributed by atoms with E-state index in [1.165, 1.54) is 24.8 Å². The van der Waals surface area contributed by atoms with Crippen molar-refractivity contribution in [1.29, 1.82) is 5.26 Å². The second kappa shape index (κ2) is 18.0. The Bertz CT molecular complexity index is 1220. The molecule has 41 heavy (non-hydrogen) atoms. The van der Waals surface area contributed by atoms with Crippen molar-refractivity contribution in [3.8, 4) is 17.7 Å². The molecule has 0 fully saturated rings. The number of aliphatic hydroxyl groups is 1. The van der Waals surface area contributed by atoms with Gasteiger partial charge in [-0.05, 0) is 74.6 Å². The van der Waals surface area contributed by atoms with Crippen LogP contribution < -0.4 is 10.1 Å². The Morgan fingerprint density at radius 2 is 1.71 bits per heavy atom. The monoisotopic (exact) mass is 581 g/mol. The maximum absolute atomic E-state index is 13.1. The van der Waals surface area contributed by atoms with E-state index in [1.54, 1.807) is 19.9 Å². The van der Waals surface area contributed by atoms with Crippen LogP contribution in [-0.2, 0) is 11.2 Å². The molecule has 3 N–H and O–H groups in total. The molecule has 0 saturated carbocycles. The quantitative estimate of drug-likeness (QED) is 0.249. The van der Waals surface area contributed by atoms with Crippen LogP contribution in [-0.4, -0.2) is 39.4 Å². The molecule has 1 heterocycles. The van der Waals surface area contributed by atoms with Crippen molar-refractivity contribution in [3.05, 3.63) is 88.6 Å². The lowest BCUT2D eigenvalue weighted by molar-refractivity contribution is -0.135. The van der Waals surface area contributed by atoms with Crippen molar-refractivity contribution in [2.45, 2.75) is 78.9 Å². The molecule has 0 saturated heterocycles. The molecule has 2 unspecified atom stereocenters. The Morgan fingerprint density at radius 1 is 1.10 bits per heavy atom. The maximum atomic E-state index is 13.1. The number of pyridine rings is 1. The van der Waals surface area contributed by atoms with E-state index < -0.39 is 5.60 Å². The van der Waals surface area contributed by atoms with Gasteiger partial charge in [-0.3, -0.25) is 4.79 Å². The van der Waals surface area contributed by atoms with Gasteiger partial charge in [-0.2, -0.15) is 5.26 Å². The Kier molecular flexibility index (Phi) is 15.5. The molecule has 0 bridgehead atoms. The number of amides is 1. The Hall–Kier alpha value is -3.60. The molecule has 3 aromatic rings. The molecule has 8 heteroatoms. The van der Waals surface area contributed by atoms with E-state index in [4.69, 9.17) is 21.4 Å². The fourth-order valence-corrected chi connectivity index (χ4v) is 3.64. The Balaban J connectivity index is 0.000000930. The van der Waals surface area contributed by atoms with Crippen LogP contribution in [0.2, 0.25) is 5.02 Å². The van der Waals surface area contributed by atoms with E-state index in [9.17, 15) is 15.2 Å². The van der Waals surface area contributed by atoms with Crippen LogP contribution in [0.5, 0.6) is 11.6 Å². The molecule has 222 valence electrons. The number of nitriles is 1. The second-order valence-corrected chi connectivity index (χ2v) is 11.1. The van der Waals surface area contributed by atoms with E-state index in [1.807, 2.05) is 63.2 Å². The smallest absolute Gasteiger partial charge is 0.263 e. The fraction of sp³-hybridized carbons (Fsp3) is 0.424. The molecule has 7 nitrogen and oxygen atoms in total. The van der Waals surface area contributed by atoms with Gasteiger partial charge in [0.15, 0.2) is 5.60 Å². The highest BCUT2D eigenvalue weighted by Crippen LogP contribution is 2.27. The predicted molar refractivity (Wildman–Crippen MR) is 165 cm³/mol. The van der Waals surface area contributed by atoms with Gasteiger partial charge in [-0.1, -0.05) is 70.0 Å². The number of benzene rings is 2. The molecule has 2 aromatic carbocycles. The van der Waals surface area contributed by atoms with Gasteiger partial charge in [0.25, 0.3) is 5.91 Å². The van der Waals surface area contributed by atoms with E-state index in [0.29, 0.717) is 29.5 Å². The minimum atomic E-state index is -1.20. The Labute approximate surface area is 250 Å².